The number of esters is 1. The van der Waals surface area contributed by atoms with Gasteiger partial charge in [-0.1, -0.05) is 36.4 Å². The first-order valence-corrected chi connectivity index (χ1v) is 9.01. The molecule has 3 rings (SSSR count). The van der Waals surface area contributed by atoms with Gasteiger partial charge in [-0.05, 0) is 34.4 Å². The van der Waals surface area contributed by atoms with Crippen molar-refractivity contribution in [2.45, 2.75) is 12.8 Å². The monoisotopic (exact) mass is 367 g/mol. The maximum absolute atomic E-state index is 11.9. The second-order valence-corrected chi connectivity index (χ2v) is 6.62. The predicted molar refractivity (Wildman–Crippen MR) is 101 cm³/mol. The van der Waals surface area contributed by atoms with Crippen LogP contribution in [-0.2, 0) is 14.3 Å². The first-order chi connectivity index (χ1) is 12.6. The summed E-state index contributed by atoms with van der Waals surface area (Å²) in [6.07, 6.45) is 0.0334. The molecule has 1 heterocycles. The fraction of sp³-hybridized carbons (Fsp3) is 0.150. The van der Waals surface area contributed by atoms with E-state index < -0.39 is 11.9 Å². The lowest BCUT2D eigenvalue weighted by atomic mass is 10.1. The average molecular weight is 367 g/mol. The summed E-state index contributed by atoms with van der Waals surface area (Å²) in [5, 5.41) is 6.59. The van der Waals surface area contributed by atoms with E-state index in [1.807, 2.05) is 41.8 Å². The van der Waals surface area contributed by atoms with E-state index >= 15 is 0 Å². The molecule has 3 aromatic rings. The lowest BCUT2D eigenvalue weighted by Crippen LogP contribution is -2.21. The highest BCUT2D eigenvalue weighted by Gasteiger charge is 2.12. The molecule has 1 aromatic heterocycles. The molecule has 1 N–H and O–H groups in total. The zero-order chi connectivity index (χ0) is 18.4. The molecule has 5 nitrogen and oxygen atoms in total. The zero-order valence-corrected chi connectivity index (χ0v) is 14.8. The number of ketones is 1. The average Bonchev–Trinajstić information content (AvgIpc) is 3.19. The highest BCUT2D eigenvalue weighted by Crippen LogP contribution is 2.18. The highest BCUT2D eigenvalue weighted by molar-refractivity contribution is 7.12. The third-order valence-corrected chi connectivity index (χ3v) is 4.66. The Balaban J connectivity index is 1.44. The number of fused-ring (bicyclic) bond motifs is 1. The number of ether oxygens (including phenoxy) is 1. The zero-order valence-electron chi connectivity index (χ0n) is 13.9. The van der Waals surface area contributed by atoms with Crippen molar-refractivity contribution in [2.75, 3.05) is 11.9 Å². The van der Waals surface area contributed by atoms with Gasteiger partial charge in [0.15, 0.2) is 12.4 Å². The Hall–Kier alpha value is -2.99. The number of nitrogens with one attached hydrogen (secondary N) is 1. The Kier molecular flexibility index (Phi) is 5.76. The Morgan fingerprint density at radius 3 is 2.50 bits per heavy atom. The van der Waals surface area contributed by atoms with Crippen molar-refractivity contribution in [3.63, 3.8) is 0 Å². The largest absolute Gasteiger partial charge is 0.456 e. The molecule has 0 unspecified atom stereocenters. The lowest BCUT2D eigenvalue weighted by Gasteiger charge is -2.07. The van der Waals surface area contributed by atoms with Gasteiger partial charge in [0.05, 0.1) is 11.3 Å². The number of hydrogen-bond donors (Lipinski definition) is 1. The molecule has 0 radical (unpaired) electrons. The molecular weight excluding hydrogens is 350 g/mol. The number of amides is 1. The van der Waals surface area contributed by atoms with E-state index in [9.17, 15) is 14.4 Å². The molecule has 0 bridgehead atoms. The number of rotatable bonds is 7. The predicted octanol–water partition coefficient (Wildman–Crippen LogP) is 4.05. The molecule has 0 aliphatic rings. The minimum Gasteiger partial charge on any atom is -0.456 e. The van der Waals surface area contributed by atoms with E-state index in [0.29, 0.717) is 10.6 Å². The molecule has 0 saturated carbocycles. The van der Waals surface area contributed by atoms with E-state index in [4.69, 9.17) is 4.74 Å². The van der Waals surface area contributed by atoms with Crippen LogP contribution in [0.25, 0.3) is 10.8 Å². The van der Waals surface area contributed by atoms with E-state index in [1.165, 1.54) is 11.3 Å². The molecule has 1 amide bonds. The summed E-state index contributed by atoms with van der Waals surface area (Å²) in [7, 11) is 0. The summed E-state index contributed by atoms with van der Waals surface area (Å²) in [4.78, 5) is 36.1. The molecule has 0 aliphatic carbocycles. The maximum atomic E-state index is 11.9. The van der Waals surface area contributed by atoms with E-state index in [-0.39, 0.29) is 25.2 Å². The van der Waals surface area contributed by atoms with Crippen LogP contribution in [0, 0.1) is 0 Å². The van der Waals surface area contributed by atoms with Crippen LogP contribution < -0.4 is 5.32 Å². The van der Waals surface area contributed by atoms with Gasteiger partial charge in [-0.2, -0.15) is 0 Å². The summed E-state index contributed by atoms with van der Waals surface area (Å²) in [6.45, 7) is -0.376. The van der Waals surface area contributed by atoms with Gasteiger partial charge in [-0.3, -0.25) is 14.4 Å². The number of anilines is 1. The van der Waals surface area contributed by atoms with Gasteiger partial charge in [-0.15, -0.1) is 11.3 Å². The number of benzene rings is 2. The standard InChI is InChI=1S/C20H17NO4S/c22-17(18-6-3-11-26-18)9-10-20(24)25-13-19(23)21-16-8-7-14-4-1-2-5-15(14)12-16/h1-8,11-12H,9-10,13H2,(H,21,23). The quantitative estimate of drug-likeness (QED) is 0.505. The minimum atomic E-state index is -0.566. The van der Waals surface area contributed by atoms with Crippen LogP contribution in [0.15, 0.2) is 60.0 Å². The minimum absolute atomic E-state index is 0.0417. The van der Waals surface area contributed by atoms with Gasteiger partial charge in [0, 0.05) is 12.1 Å². The van der Waals surface area contributed by atoms with Crippen LogP contribution in [0.1, 0.15) is 22.5 Å². The fourth-order valence-electron chi connectivity index (χ4n) is 2.46. The Morgan fingerprint density at radius 1 is 0.923 bits per heavy atom. The number of Topliss-reactive ketones (excluding diaryl/α,β-unsaturated/α-hetero) is 1. The Labute approximate surface area is 154 Å². The first kappa shape index (κ1) is 17.8. The van der Waals surface area contributed by atoms with Crippen molar-refractivity contribution >= 4 is 45.5 Å². The van der Waals surface area contributed by atoms with Crippen LogP contribution >= 0.6 is 11.3 Å². The van der Waals surface area contributed by atoms with E-state index in [2.05, 4.69) is 5.32 Å². The van der Waals surface area contributed by atoms with Crippen LogP contribution in [0.3, 0.4) is 0 Å². The highest BCUT2D eigenvalue weighted by atomic mass is 32.1. The molecule has 0 atom stereocenters. The van der Waals surface area contributed by atoms with Crippen molar-refractivity contribution in [1.29, 1.82) is 0 Å². The van der Waals surface area contributed by atoms with Gasteiger partial charge in [0.1, 0.15) is 0 Å². The third-order valence-electron chi connectivity index (χ3n) is 3.75. The molecule has 0 saturated heterocycles. The van der Waals surface area contributed by atoms with Crippen molar-refractivity contribution in [1.82, 2.24) is 0 Å². The second kappa shape index (κ2) is 8.40. The van der Waals surface area contributed by atoms with Gasteiger partial charge in [-0.25, -0.2) is 0 Å². The SMILES string of the molecule is O=C(COC(=O)CCC(=O)c1cccs1)Nc1ccc2ccccc2c1. The van der Waals surface area contributed by atoms with Crippen LogP contribution in [0.4, 0.5) is 5.69 Å². The van der Waals surface area contributed by atoms with Gasteiger partial charge < -0.3 is 10.1 Å². The number of thiophene rings is 1. The second-order valence-electron chi connectivity index (χ2n) is 5.67. The Morgan fingerprint density at radius 2 is 1.73 bits per heavy atom. The Bertz CT molecular complexity index is 934. The van der Waals surface area contributed by atoms with Crippen LogP contribution in [0.5, 0.6) is 0 Å². The van der Waals surface area contributed by atoms with Gasteiger partial charge >= 0.3 is 5.97 Å². The lowest BCUT2D eigenvalue weighted by molar-refractivity contribution is -0.147. The van der Waals surface area contributed by atoms with Gasteiger partial charge in [0.25, 0.3) is 5.91 Å². The van der Waals surface area contributed by atoms with Crippen LogP contribution in [0.2, 0.25) is 0 Å². The molecular formula is C20H17NO4S. The molecule has 0 spiro atoms. The van der Waals surface area contributed by atoms with Gasteiger partial charge in [0.2, 0.25) is 0 Å². The van der Waals surface area contributed by atoms with Crippen molar-refractivity contribution in [3.05, 3.63) is 64.9 Å². The fourth-order valence-corrected chi connectivity index (χ4v) is 3.15. The van der Waals surface area contributed by atoms with E-state index in [1.54, 1.807) is 18.2 Å². The summed E-state index contributed by atoms with van der Waals surface area (Å²) < 4.78 is 4.93. The number of carbonyl (C=O) groups excluding carboxylic acids is 3. The summed E-state index contributed by atoms with van der Waals surface area (Å²) in [5.41, 5.74) is 0.637. The number of hydrogen-bond acceptors (Lipinski definition) is 5. The van der Waals surface area contributed by atoms with E-state index in [0.717, 1.165) is 10.8 Å². The molecule has 0 fully saturated rings. The van der Waals surface area contributed by atoms with Crippen molar-refractivity contribution < 1.29 is 19.1 Å². The third kappa shape index (κ3) is 4.77. The maximum Gasteiger partial charge on any atom is 0.306 e. The smallest absolute Gasteiger partial charge is 0.306 e. The molecule has 26 heavy (non-hydrogen) atoms. The number of carbonyl (C=O) groups is 3. The van der Waals surface area contributed by atoms with Crippen LogP contribution in [-0.4, -0.2) is 24.3 Å². The summed E-state index contributed by atoms with van der Waals surface area (Å²) >= 11 is 1.34. The van der Waals surface area contributed by atoms with Crippen molar-refractivity contribution in [2.24, 2.45) is 0 Å². The normalized spacial score (nSPS) is 10.5. The molecule has 0 aliphatic heterocycles. The summed E-state index contributed by atoms with van der Waals surface area (Å²) in [6, 6.07) is 16.9. The van der Waals surface area contributed by atoms with Crippen molar-refractivity contribution in [3.8, 4) is 0 Å². The molecule has 2 aromatic carbocycles. The topological polar surface area (TPSA) is 72.5 Å². The molecule has 132 valence electrons. The molecule has 6 heteroatoms. The first-order valence-electron chi connectivity index (χ1n) is 8.13. The summed E-state index contributed by atoms with van der Waals surface area (Å²) in [5.74, 6) is -1.08.